The number of halogens is 2. The van der Waals surface area contributed by atoms with E-state index in [1.54, 1.807) is 18.2 Å². The number of hydrogen-bond donors (Lipinski definition) is 1. The van der Waals surface area contributed by atoms with E-state index in [9.17, 15) is 15.2 Å². The van der Waals surface area contributed by atoms with Crippen LogP contribution in [0.1, 0.15) is 11.7 Å². The molecule has 5 nitrogen and oxygen atoms in total. The molecule has 2 aliphatic heterocycles. The minimum atomic E-state index is -0.889. The van der Waals surface area contributed by atoms with Crippen molar-refractivity contribution in [2.45, 2.75) is 12.2 Å². The molecule has 2 saturated heterocycles. The first-order valence-corrected chi connectivity index (χ1v) is 7.40. The van der Waals surface area contributed by atoms with Gasteiger partial charge in [-0.05, 0) is 30.0 Å². The number of nitrogens with zero attached hydrogens (tertiary/aromatic N) is 1. The van der Waals surface area contributed by atoms with Crippen LogP contribution in [-0.2, 0) is 4.79 Å². The maximum Gasteiger partial charge on any atom is 0.258 e. The van der Waals surface area contributed by atoms with Crippen LogP contribution in [0.2, 0.25) is 10.0 Å². The summed E-state index contributed by atoms with van der Waals surface area (Å²) in [5.41, 5.74) is 0.496. The summed E-state index contributed by atoms with van der Waals surface area (Å²) in [5, 5.41) is 25.3. The van der Waals surface area contributed by atoms with Gasteiger partial charge in [0.1, 0.15) is 12.4 Å². The van der Waals surface area contributed by atoms with Gasteiger partial charge in [0.05, 0.1) is 5.56 Å². The topological polar surface area (TPSA) is 67.6 Å². The highest BCUT2D eigenvalue weighted by atomic mass is 35.5. The Morgan fingerprint density at radius 1 is 1.32 bits per heavy atom. The molecule has 2 aliphatic rings. The van der Waals surface area contributed by atoms with Crippen LogP contribution in [0.5, 0.6) is 0 Å². The van der Waals surface area contributed by atoms with E-state index in [1.807, 2.05) is 0 Å². The quantitative estimate of drug-likeness (QED) is 0.625. The van der Waals surface area contributed by atoms with E-state index < -0.39 is 16.9 Å². The molecule has 0 amide bonds. The molecule has 0 bridgehead atoms. The molecule has 0 radical (unpaired) electrons. The molecule has 102 valence electrons. The maximum absolute atomic E-state index is 12.8. The third-order valence-electron chi connectivity index (χ3n) is 3.55. The predicted octanol–water partition coefficient (Wildman–Crippen LogP) is 1.30. The highest BCUT2D eigenvalue weighted by Gasteiger charge is 2.58. The zero-order valence-corrected chi connectivity index (χ0v) is 12.0. The molecule has 0 spiro atoms. The molecule has 1 aromatic carbocycles. The molecular formula is C11H10Cl2N2O3S. The van der Waals surface area contributed by atoms with Gasteiger partial charge >= 0.3 is 0 Å². The van der Waals surface area contributed by atoms with Crippen LogP contribution in [-0.4, -0.2) is 28.2 Å². The first kappa shape index (κ1) is 13.6. The van der Waals surface area contributed by atoms with Crippen molar-refractivity contribution in [3.05, 3.63) is 44.2 Å². The van der Waals surface area contributed by atoms with Gasteiger partial charge in [0, 0.05) is 10.0 Å². The lowest BCUT2D eigenvalue weighted by Crippen LogP contribution is -3.07. The van der Waals surface area contributed by atoms with Crippen molar-refractivity contribution in [1.82, 2.24) is 0 Å². The molecule has 0 aliphatic carbocycles. The molecule has 19 heavy (non-hydrogen) atoms. The Kier molecular flexibility index (Phi) is 3.30. The van der Waals surface area contributed by atoms with Gasteiger partial charge in [0.15, 0.2) is 0 Å². The van der Waals surface area contributed by atoms with E-state index in [2.05, 4.69) is 0 Å². The van der Waals surface area contributed by atoms with Crippen molar-refractivity contribution in [1.29, 1.82) is 0 Å². The standard InChI is InChI=1S/C11H10Cl2N2O3S/c12-7-1-6(2-8(13)3-7)10-14(17)4-9-11(16)19-5-15(9,10)18/h1-3,9-10,14H,4-5H2. The number of quaternary nitrogens is 2. The molecular weight excluding hydrogens is 311 g/mol. The van der Waals surface area contributed by atoms with Crippen molar-refractivity contribution in [3.63, 3.8) is 0 Å². The van der Waals surface area contributed by atoms with E-state index in [0.29, 0.717) is 15.6 Å². The summed E-state index contributed by atoms with van der Waals surface area (Å²) in [6, 6.07) is 3.91. The fraction of sp³-hybridized carbons (Fsp3) is 0.364. The monoisotopic (exact) mass is 320 g/mol. The van der Waals surface area contributed by atoms with Crippen LogP contribution in [0.25, 0.3) is 0 Å². The van der Waals surface area contributed by atoms with E-state index in [4.69, 9.17) is 23.2 Å². The molecule has 1 N–H and O–H groups in total. The Hall–Kier alpha value is -0.340. The van der Waals surface area contributed by atoms with Crippen LogP contribution in [0.15, 0.2) is 18.2 Å². The Bertz CT molecular complexity index is 538. The van der Waals surface area contributed by atoms with E-state index in [0.717, 1.165) is 11.8 Å². The largest absolute Gasteiger partial charge is 0.630 e. The molecule has 0 saturated carbocycles. The second-order valence-corrected chi connectivity index (χ2v) is 6.56. The Labute approximate surface area is 123 Å². The summed E-state index contributed by atoms with van der Waals surface area (Å²) in [4.78, 5) is 11.7. The van der Waals surface area contributed by atoms with Gasteiger partial charge < -0.3 is 15.5 Å². The number of benzene rings is 1. The lowest BCUT2D eigenvalue weighted by Gasteiger charge is -2.41. The van der Waals surface area contributed by atoms with Gasteiger partial charge in [-0.3, -0.25) is 9.44 Å². The zero-order valence-electron chi connectivity index (χ0n) is 9.64. The van der Waals surface area contributed by atoms with Gasteiger partial charge in [-0.15, -0.1) is 0 Å². The smallest absolute Gasteiger partial charge is 0.258 e. The molecule has 2 heterocycles. The number of carbonyl (C=O) groups is 1. The zero-order chi connectivity index (χ0) is 13.8. The van der Waals surface area contributed by atoms with Crippen molar-refractivity contribution in [2.24, 2.45) is 0 Å². The second kappa shape index (κ2) is 4.60. The number of hydroxylamine groups is 5. The van der Waals surface area contributed by atoms with Crippen LogP contribution < -0.4 is 5.06 Å². The van der Waals surface area contributed by atoms with Crippen LogP contribution in [0.3, 0.4) is 0 Å². The van der Waals surface area contributed by atoms with E-state index in [-0.39, 0.29) is 22.6 Å². The Morgan fingerprint density at radius 2 is 1.95 bits per heavy atom. The van der Waals surface area contributed by atoms with Gasteiger partial charge in [-0.2, -0.15) is 0 Å². The van der Waals surface area contributed by atoms with Crippen LogP contribution >= 0.6 is 35.0 Å². The Morgan fingerprint density at radius 3 is 2.58 bits per heavy atom. The second-order valence-electron chi connectivity index (χ2n) is 4.74. The molecule has 1 aromatic rings. The minimum absolute atomic E-state index is 0.00410. The average Bonchev–Trinajstić information content (AvgIpc) is 2.71. The summed E-state index contributed by atoms with van der Waals surface area (Å²) in [7, 11) is 0. The van der Waals surface area contributed by atoms with Gasteiger partial charge in [0.25, 0.3) is 5.12 Å². The van der Waals surface area contributed by atoms with Crippen LogP contribution in [0.4, 0.5) is 0 Å². The number of rotatable bonds is 1. The van der Waals surface area contributed by atoms with Crippen molar-refractivity contribution in [3.8, 4) is 0 Å². The average molecular weight is 321 g/mol. The molecule has 8 heteroatoms. The van der Waals surface area contributed by atoms with Crippen molar-refractivity contribution in [2.75, 3.05) is 12.4 Å². The molecule has 4 unspecified atom stereocenters. The molecule has 2 fully saturated rings. The summed E-state index contributed by atoms with van der Waals surface area (Å²) in [6.45, 7) is 0.00410. The fourth-order valence-corrected chi connectivity index (χ4v) is 4.39. The fourth-order valence-electron chi connectivity index (χ4n) is 2.74. The number of fused-ring (bicyclic) bond motifs is 1. The first-order valence-electron chi connectivity index (χ1n) is 5.65. The van der Waals surface area contributed by atoms with Gasteiger partial charge in [-0.1, -0.05) is 23.2 Å². The Balaban J connectivity index is 2.06. The van der Waals surface area contributed by atoms with Crippen molar-refractivity contribution < 1.29 is 14.5 Å². The lowest BCUT2D eigenvalue weighted by atomic mass is 10.1. The number of hydrogen-bond acceptors (Lipinski definition) is 4. The lowest BCUT2D eigenvalue weighted by molar-refractivity contribution is -1.04. The maximum atomic E-state index is 12.8. The highest BCUT2D eigenvalue weighted by Crippen LogP contribution is 2.40. The predicted molar refractivity (Wildman–Crippen MR) is 73.3 cm³/mol. The number of thioether (sulfide) groups is 1. The van der Waals surface area contributed by atoms with E-state index >= 15 is 0 Å². The van der Waals surface area contributed by atoms with Gasteiger partial charge in [0.2, 0.25) is 12.2 Å². The van der Waals surface area contributed by atoms with Crippen molar-refractivity contribution >= 4 is 40.1 Å². The number of nitrogens with one attached hydrogen (secondary N) is 1. The third-order valence-corrected chi connectivity index (χ3v) is 5.07. The third kappa shape index (κ3) is 2.08. The van der Waals surface area contributed by atoms with E-state index in [1.165, 1.54) is 0 Å². The highest BCUT2D eigenvalue weighted by molar-refractivity contribution is 8.13. The first-order chi connectivity index (χ1) is 8.91. The summed E-state index contributed by atoms with van der Waals surface area (Å²) in [5.74, 6) is 0.0735. The SMILES string of the molecule is O=C1SC[N+]2([O-])C1C[NH+]([O-])C2c1cc(Cl)cc(Cl)c1. The minimum Gasteiger partial charge on any atom is -0.630 e. The normalized spacial score (nSPS) is 37.7. The summed E-state index contributed by atoms with van der Waals surface area (Å²) < 4.78 is -0.807. The summed E-state index contributed by atoms with van der Waals surface area (Å²) in [6.07, 6.45) is -0.889. The molecule has 4 atom stereocenters. The van der Waals surface area contributed by atoms with Crippen LogP contribution in [0, 0.1) is 10.4 Å². The number of carbonyl (C=O) groups excluding carboxylic acids is 1. The summed E-state index contributed by atoms with van der Waals surface area (Å²) >= 11 is 12.8. The molecule has 3 rings (SSSR count). The molecule has 0 aromatic heterocycles. The van der Waals surface area contributed by atoms with Gasteiger partial charge in [-0.25, -0.2) is 0 Å².